The molecule has 0 heterocycles. The Labute approximate surface area is 48.6 Å². The van der Waals surface area contributed by atoms with E-state index in [0.717, 1.165) is 11.1 Å². The summed E-state index contributed by atoms with van der Waals surface area (Å²) in [6.07, 6.45) is 5.61. The average molecular weight is 108 g/mol. The number of aliphatic hydroxyl groups excluding tert-OH is 1. The molecule has 0 radical (unpaired) electrons. The van der Waals surface area contributed by atoms with E-state index in [2.05, 4.69) is 6.58 Å². The van der Waals surface area contributed by atoms with Gasteiger partial charge in [0.25, 0.3) is 0 Å². The number of hydrogen-bond donors (Lipinski definition) is 1. The zero-order chi connectivity index (χ0) is 5.98. The van der Waals surface area contributed by atoms with Crippen LogP contribution in [0.15, 0.2) is 36.0 Å². The van der Waals surface area contributed by atoms with Gasteiger partial charge in [0.2, 0.25) is 0 Å². The average Bonchev–Trinajstić information content (AvgIpc) is 2.14. The Balaban J connectivity index is 2.72. The van der Waals surface area contributed by atoms with Crippen LogP contribution in [0.3, 0.4) is 0 Å². The molecule has 0 fully saturated rings. The Morgan fingerprint density at radius 1 is 1.50 bits per heavy atom. The fourth-order valence-corrected chi connectivity index (χ4v) is 0.647. The van der Waals surface area contributed by atoms with E-state index < -0.39 is 0 Å². The maximum Gasteiger partial charge on any atom is 0.0682 e. The van der Waals surface area contributed by atoms with Gasteiger partial charge < -0.3 is 5.11 Å². The Bertz CT molecular complexity index is 163. The van der Waals surface area contributed by atoms with Crippen LogP contribution in [0, 0.1) is 0 Å². The molecular weight excluding hydrogens is 100 g/mol. The summed E-state index contributed by atoms with van der Waals surface area (Å²) in [5.41, 5.74) is 1.91. The Kier molecular flexibility index (Phi) is 1.31. The van der Waals surface area contributed by atoms with Crippen LogP contribution in [0.4, 0.5) is 0 Å². The van der Waals surface area contributed by atoms with Crippen molar-refractivity contribution in [3.63, 3.8) is 0 Å². The van der Waals surface area contributed by atoms with Crippen LogP contribution in [-0.2, 0) is 0 Å². The molecule has 1 nitrogen and oxygen atoms in total. The smallest absolute Gasteiger partial charge is 0.0682 e. The first kappa shape index (κ1) is 5.32. The minimum atomic E-state index is 0.121. The number of aliphatic hydroxyl groups is 1. The summed E-state index contributed by atoms with van der Waals surface area (Å²) in [7, 11) is 0. The molecule has 1 N–H and O–H groups in total. The van der Waals surface area contributed by atoms with E-state index in [9.17, 15) is 0 Å². The van der Waals surface area contributed by atoms with E-state index in [-0.39, 0.29) is 6.61 Å². The van der Waals surface area contributed by atoms with Crippen molar-refractivity contribution in [3.05, 3.63) is 36.0 Å². The quantitative estimate of drug-likeness (QED) is 0.532. The lowest BCUT2D eigenvalue weighted by Gasteiger charge is -1.84. The maximum absolute atomic E-state index is 8.52. The monoisotopic (exact) mass is 108 g/mol. The van der Waals surface area contributed by atoms with Crippen molar-refractivity contribution in [1.29, 1.82) is 0 Å². The van der Waals surface area contributed by atoms with Gasteiger partial charge in [0.15, 0.2) is 0 Å². The molecule has 0 atom stereocenters. The minimum Gasteiger partial charge on any atom is -0.392 e. The molecule has 1 rings (SSSR count). The van der Waals surface area contributed by atoms with Gasteiger partial charge in [-0.3, -0.25) is 0 Å². The molecule has 1 aliphatic rings. The van der Waals surface area contributed by atoms with Crippen LogP contribution in [-0.4, -0.2) is 11.7 Å². The van der Waals surface area contributed by atoms with Crippen molar-refractivity contribution in [3.8, 4) is 0 Å². The molecule has 42 valence electrons. The second-order valence-electron chi connectivity index (χ2n) is 1.79. The molecule has 0 aromatic heterocycles. The van der Waals surface area contributed by atoms with E-state index in [4.69, 9.17) is 5.11 Å². The Morgan fingerprint density at radius 2 is 2.25 bits per heavy atom. The molecule has 0 aromatic rings. The first-order valence-corrected chi connectivity index (χ1v) is 2.51. The summed E-state index contributed by atoms with van der Waals surface area (Å²) >= 11 is 0. The topological polar surface area (TPSA) is 20.2 Å². The van der Waals surface area contributed by atoms with Crippen LogP contribution in [0.25, 0.3) is 0 Å². The summed E-state index contributed by atoms with van der Waals surface area (Å²) in [4.78, 5) is 0. The molecular formula is C7H8O. The molecule has 0 spiro atoms. The maximum atomic E-state index is 8.52. The highest BCUT2D eigenvalue weighted by Crippen LogP contribution is 2.11. The molecule has 0 unspecified atom stereocenters. The minimum absolute atomic E-state index is 0.121. The third kappa shape index (κ3) is 0.873. The van der Waals surface area contributed by atoms with E-state index >= 15 is 0 Å². The van der Waals surface area contributed by atoms with Crippen molar-refractivity contribution < 1.29 is 5.11 Å². The Hall–Kier alpha value is -0.820. The molecule has 1 heteroatoms. The van der Waals surface area contributed by atoms with Gasteiger partial charge in [0.1, 0.15) is 0 Å². The van der Waals surface area contributed by atoms with Crippen LogP contribution >= 0.6 is 0 Å². The summed E-state index contributed by atoms with van der Waals surface area (Å²) in [6, 6.07) is 0. The molecule has 0 bridgehead atoms. The lowest BCUT2D eigenvalue weighted by Crippen LogP contribution is -1.80. The highest BCUT2D eigenvalue weighted by atomic mass is 16.3. The van der Waals surface area contributed by atoms with E-state index in [1.807, 2.05) is 18.2 Å². The first-order chi connectivity index (χ1) is 3.83. The van der Waals surface area contributed by atoms with Gasteiger partial charge in [0, 0.05) is 0 Å². The molecule has 1 aliphatic carbocycles. The molecule has 0 aromatic carbocycles. The van der Waals surface area contributed by atoms with Crippen molar-refractivity contribution >= 4 is 0 Å². The molecule has 0 saturated heterocycles. The number of rotatable bonds is 1. The van der Waals surface area contributed by atoms with Gasteiger partial charge in [-0.25, -0.2) is 0 Å². The van der Waals surface area contributed by atoms with Crippen molar-refractivity contribution in [2.24, 2.45) is 0 Å². The number of hydrogen-bond acceptors (Lipinski definition) is 1. The standard InChI is InChI=1S/C7H8O/c1-6-2-3-7(4-6)5-8/h2-4,8H,1,5H2. The summed E-state index contributed by atoms with van der Waals surface area (Å²) < 4.78 is 0. The molecule has 0 aliphatic heterocycles. The second kappa shape index (κ2) is 1.97. The van der Waals surface area contributed by atoms with Crippen LogP contribution < -0.4 is 0 Å². The van der Waals surface area contributed by atoms with Gasteiger partial charge in [-0.2, -0.15) is 0 Å². The van der Waals surface area contributed by atoms with Gasteiger partial charge in [-0.15, -0.1) is 0 Å². The van der Waals surface area contributed by atoms with Crippen molar-refractivity contribution in [2.75, 3.05) is 6.61 Å². The predicted molar refractivity (Wildman–Crippen MR) is 33.4 cm³/mol. The lowest BCUT2D eigenvalue weighted by molar-refractivity contribution is 0.335. The zero-order valence-corrected chi connectivity index (χ0v) is 4.59. The Morgan fingerprint density at radius 3 is 2.50 bits per heavy atom. The van der Waals surface area contributed by atoms with Crippen molar-refractivity contribution in [1.82, 2.24) is 0 Å². The fourth-order valence-electron chi connectivity index (χ4n) is 0.647. The largest absolute Gasteiger partial charge is 0.392 e. The normalized spacial score (nSPS) is 17.1. The second-order valence-corrected chi connectivity index (χ2v) is 1.79. The van der Waals surface area contributed by atoms with Gasteiger partial charge >= 0.3 is 0 Å². The fraction of sp³-hybridized carbons (Fsp3) is 0.143. The predicted octanol–water partition coefficient (Wildman–Crippen LogP) is 1.03. The van der Waals surface area contributed by atoms with E-state index in [1.54, 1.807) is 0 Å². The molecule has 0 saturated carbocycles. The molecule has 8 heavy (non-hydrogen) atoms. The highest BCUT2D eigenvalue weighted by Gasteiger charge is 1.95. The first-order valence-electron chi connectivity index (χ1n) is 2.51. The van der Waals surface area contributed by atoms with Crippen molar-refractivity contribution in [2.45, 2.75) is 0 Å². The van der Waals surface area contributed by atoms with E-state index in [0.29, 0.717) is 0 Å². The number of allylic oxidation sites excluding steroid dienone is 3. The SMILES string of the molecule is C=C1C=CC(CO)=C1. The van der Waals surface area contributed by atoms with Gasteiger partial charge in [-0.1, -0.05) is 24.8 Å². The highest BCUT2D eigenvalue weighted by molar-refractivity contribution is 5.44. The van der Waals surface area contributed by atoms with E-state index in [1.165, 1.54) is 0 Å². The lowest BCUT2D eigenvalue weighted by atomic mass is 10.3. The van der Waals surface area contributed by atoms with Crippen LogP contribution in [0.1, 0.15) is 0 Å². The summed E-state index contributed by atoms with van der Waals surface area (Å²) in [6.45, 7) is 3.80. The van der Waals surface area contributed by atoms with Crippen LogP contribution in [0.5, 0.6) is 0 Å². The summed E-state index contributed by atoms with van der Waals surface area (Å²) in [5.74, 6) is 0. The zero-order valence-electron chi connectivity index (χ0n) is 4.59. The molecule has 0 amide bonds. The van der Waals surface area contributed by atoms with Gasteiger partial charge in [-0.05, 0) is 11.1 Å². The van der Waals surface area contributed by atoms with Crippen LogP contribution in [0.2, 0.25) is 0 Å². The van der Waals surface area contributed by atoms with Gasteiger partial charge in [0.05, 0.1) is 6.61 Å². The third-order valence-corrected chi connectivity index (χ3v) is 1.06. The third-order valence-electron chi connectivity index (χ3n) is 1.06. The summed E-state index contributed by atoms with van der Waals surface area (Å²) in [5, 5.41) is 8.52.